The lowest BCUT2D eigenvalue weighted by Gasteiger charge is -2.09. The van der Waals surface area contributed by atoms with E-state index >= 15 is 0 Å². The molecular weight excluding hydrogens is 330 g/mol. The van der Waals surface area contributed by atoms with E-state index in [9.17, 15) is 4.79 Å². The van der Waals surface area contributed by atoms with Crippen molar-refractivity contribution in [3.8, 4) is 23.3 Å². The summed E-state index contributed by atoms with van der Waals surface area (Å²) in [4.78, 5) is 12.1. The van der Waals surface area contributed by atoms with Crippen LogP contribution in [-0.2, 0) is 11.2 Å². The summed E-state index contributed by atoms with van der Waals surface area (Å²) in [5, 5.41) is 13.2. The van der Waals surface area contributed by atoms with E-state index in [2.05, 4.69) is 5.10 Å². The first-order valence-corrected chi connectivity index (χ1v) is 8.07. The van der Waals surface area contributed by atoms with Crippen molar-refractivity contribution >= 4 is 5.97 Å². The molecule has 6 heteroatoms. The highest BCUT2D eigenvalue weighted by atomic mass is 16.6. The van der Waals surface area contributed by atoms with E-state index in [0.29, 0.717) is 23.5 Å². The molecule has 130 valence electrons. The molecule has 0 fully saturated rings. The zero-order valence-corrected chi connectivity index (χ0v) is 14.3. The first-order chi connectivity index (χ1) is 12.7. The minimum Gasteiger partial charge on any atom is -0.493 e. The van der Waals surface area contributed by atoms with Crippen molar-refractivity contribution in [3.63, 3.8) is 0 Å². The van der Waals surface area contributed by atoms with Gasteiger partial charge in [0.15, 0.2) is 11.5 Å². The monoisotopic (exact) mass is 347 g/mol. The fourth-order valence-corrected chi connectivity index (χ4v) is 2.45. The maximum atomic E-state index is 12.1. The largest absolute Gasteiger partial charge is 0.493 e. The summed E-state index contributed by atoms with van der Waals surface area (Å²) in [5.41, 5.74) is 2.34. The van der Waals surface area contributed by atoms with Crippen LogP contribution in [0.3, 0.4) is 0 Å². The number of ether oxygens (including phenoxy) is 2. The lowest BCUT2D eigenvalue weighted by Crippen LogP contribution is -2.09. The molecule has 0 aliphatic carbocycles. The number of methoxy groups -OCH3 is 1. The molecule has 0 saturated carbocycles. The predicted octanol–water partition coefficient (Wildman–Crippen LogP) is 3.29. The summed E-state index contributed by atoms with van der Waals surface area (Å²) in [6.45, 7) is 0. The molecule has 0 N–H and O–H groups in total. The smallest absolute Gasteiger partial charge is 0.311 e. The van der Waals surface area contributed by atoms with Crippen LogP contribution < -0.4 is 9.47 Å². The highest BCUT2D eigenvalue weighted by Crippen LogP contribution is 2.28. The Balaban J connectivity index is 1.60. The maximum absolute atomic E-state index is 12.1. The topological polar surface area (TPSA) is 77.1 Å². The van der Waals surface area contributed by atoms with Crippen molar-refractivity contribution in [2.75, 3.05) is 7.11 Å². The number of nitriles is 1. The molecule has 0 aliphatic heterocycles. The van der Waals surface area contributed by atoms with Gasteiger partial charge in [-0.05, 0) is 36.2 Å². The van der Waals surface area contributed by atoms with Gasteiger partial charge in [0.05, 0.1) is 37.0 Å². The number of benzene rings is 2. The van der Waals surface area contributed by atoms with Crippen LogP contribution in [0.15, 0.2) is 60.9 Å². The molecule has 0 saturated heterocycles. The summed E-state index contributed by atoms with van der Waals surface area (Å²) in [6, 6.07) is 16.4. The summed E-state index contributed by atoms with van der Waals surface area (Å²) >= 11 is 0. The fourth-order valence-electron chi connectivity index (χ4n) is 2.45. The van der Waals surface area contributed by atoms with Gasteiger partial charge in [0, 0.05) is 12.3 Å². The van der Waals surface area contributed by atoms with Crippen LogP contribution in [0.5, 0.6) is 11.5 Å². The zero-order valence-electron chi connectivity index (χ0n) is 14.3. The molecule has 1 heterocycles. The fraction of sp³-hybridized carbons (Fsp3) is 0.150. The molecule has 0 bridgehead atoms. The molecule has 0 amide bonds. The van der Waals surface area contributed by atoms with Crippen molar-refractivity contribution in [2.24, 2.45) is 0 Å². The molecule has 6 nitrogen and oxygen atoms in total. The van der Waals surface area contributed by atoms with Crippen LogP contribution in [0.1, 0.15) is 17.5 Å². The van der Waals surface area contributed by atoms with E-state index in [1.165, 1.54) is 13.2 Å². The van der Waals surface area contributed by atoms with Crippen molar-refractivity contribution in [1.82, 2.24) is 9.78 Å². The van der Waals surface area contributed by atoms with Crippen LogP contribution in [0, 0.1) is 11.3 Å². The van der Waals surface area contributed by atoms with Gasteiger partial charge < -0.3 is 9.47 Å². The number of aromatic nitrogens is 2. The molecule has 0 aliphatic rings. The number of hydrogen-bond donors (Lipinski definition) is 0. The molecule has 2 aromatic carbocycles. The Bertz CT molecular complexity index is 942. The molecule has 3 rings (SSSR count). The third-order valence-corrected chi connectivity index (χ3v) is 3.79. The molecule has 1 aromatic heterocycles. The van der Waals surface area contributed by atoms with Crippen LogP contribution in [0.4, 0.5) is 0 Å². The molecule has 26 heavy (non-hydrogen) atoms. The molecule has 3 aromatic rings. The van der Waals surface area contributed by atoms with E-state index in [1.54, 1.807) is 23.0 Å². The SMILES string of the molecule is COc1cc(C#N)ccc1OC(=O)CCc1cnn(-c2ccccc2)c1. The van der Waals surface area contributed by atoms with Crippen LogP contribution in [-0.4, -0.2) is 22.9 Å². The highest BCUT2D eigenvalue weighted by molar-refractivity contribution is 5.73. The Morgan fingerprint density at radius 3 is 2.73 bits per heavy atom. The van der Waals surface area contributed by atoms with Gasteiger partial charge in [0.1, 0.15) is 0 Å². The average molecular weight is 347 g/mol. The van der Waals surface area contributed by atoms with Crippen LogP contribution in [0.2, 0.25) is 0 Å². The molecule has 0 atom stereocenters. The quantitative estimate of drug-likeness (QED) is 0.505. The van der Waals surface area contributed by atoms with Crippen LogP contribution in [0.25, 0.3) is 5.69 Å². The van der Waals surface area contributed by atoms with Gasteiger partial charge in [-0.25, -0.2) is 4.68 Å². The predicted molar refractivity (Wildman–Crippen MR) is 95.2 cm³/mol. The Kier molecular flexibility index (Phi) is 5.30. The first kappa shape index (κ1) is 17.2. The highest BCUT2D eigenvalue weighted by Gasteiger charge is 2.12. The first-order valence-electron chi connectivity index (χ1n) is 8.07. The lowest BCUT2D eigenvalue weighted by atomic mass is 10.2. The molecule has 0 spiro atoms. The Morgan fingerprint density at radius 2 is 2.00 bits per heavy atom. The normalized spacial score (nSPS) is 10.2. The zero-order chi connectivity index (χ0) is 18.4. The second kappa shape index (κ2) is 7.99. The minimum absolute atomic E-state index is 0.212. The number of nitrogens with zero attached hydrogens (tertiary/aromatic N) is 3. The third-order valence-electron chi connectivity index (χ3n) is 3.79. The second-order valence-corrected chi connectivity index (χ2v) is 5.58. The van der Waals surface area contributed by atoms with Gasteiger partial charge >= 0.3 is 5.97 Å². The number of para-hydroxylation sites is 1. The van der Waals surface area contributed by atoms with Gasteiger partial charge in [-0.15, -0.1) is 0 Å². The number of carbonyl (C=O) groups excluding carboxylic acids is 1. The summed E-state index contributed by atoms with van der Waals surface area (Å²) in [7, 11) is 1.46. The number of rotatable bonds is 6. The number of esters is 1. The van der Waals surface area contributed by atoms with Gasteiger partial charge in [0.2, 0.25) is 0 Å². The minimum atomic E-state index is -0.375. The Hall–Kier alpha value is -3.59. The molecule has 0 unspecified atom stereocenters. The lowest BCUT2D eigenvalue weighted by molar-refractivity contribution is -0.134. The molecule has 0 radical (unpaired) electrons. The number of carbonyl (C=O) groups is 1. The van der Waals surface area contributed by atoms with Gasteiger partial charge in [-0.3, -0.25) is 4.79 Å². The van der Waals surface area contributed by atoms with Crippen molar-refractivity contribution < 1.29 is 14.3 Å². The third kappa shape index (κ3) is 4.08. The maximum Gasteiger partial charge on any atom is 0.311 e. The van der Waals surface area contributed by atoms with Crippen molar-refractivity contribution in [3.05, 3.63) is 72.1 Å². The molecular formula is C20H17N3O3. The van der Waals surface area contributed by atoms with Gasteiger partial charge in [-0.2, -0.15) is 10.4 Å². The van der Waals surface area contributed by atoms with E-state index in [4.69, 9.17) is 14.7 Å². The van der Waals surface area contributed by atoms with Crippen molar-refractivity contribution in [1.29, 1.82) is 5.26 Å². The van der Waals surface area contributed by atoms with Crippen LogP contribution >= 0.6 is 0 Å². The average Bonchev–Trinajstić information content (AvgIpc) is 3.16. The summed E-state index contributed by atoms with van der Waals surface area (Å²) < 4.78 is 12.3. The van der Waals surface area contributed by atoms with E-state index in [-0.39, 0.29) is 12.4 Å². The standard InChI is InChI=1S/C20H17N3O3/c1-25-19-11-15(12-21)7-9-18(19)26-20(24)10-8-16-13-22-23(14-16)17-5-3-2-4-6-17/h2-7,9,11,13-14H,8,10H2,1H3. The van der Waals surface area contributed by atoms with E-state index in [1.807, 2.05) is 42.6 Å². The van der Waals surface area contributed by atoms with E-state index in [0.717, 1.165) is 11.3 Å². The number of aryl methyl sites for hydroxylation is 1. The summed E-state index contributed by atoms with van der Waals surface area (Å²) in [5.74, 6) is 0.284. The van der Waals surface area contributed by atoms with Crippen molar-refractivity contribution in [2.45, 2.75) is 12.8 Å². The van der Waals surface area contributed by atoms with Gasteiger partial charge in [0.25, 0.3) is 0 Å². The summed E-state index contributed by atoms with van der Waals surface area (Å²) in [6.07, 6.45) is 4.36. The van der Waals surface area contributed by atoms with Gasteiger partial charge in [-0.1, -0.05) is 18.2 Å². The van der Waals surface area contributed by atoms with E-state index < -0.39 is 0 Å². The number of hydrogen-bond acceptors (Lipinski definition) is 5. The second-order valence-electron chi connectivity index (χ2n) is 5.58. The Morgan fingerprint density at radius 1 is 1.19 bits per heavy atom. The Labute approximate surface area is 151 Å².